The summed E-state index contributed by atoms with van der Waals surface area (Å²) < 4.78 is 0. The van der Waals surface area contributed by atoms with E-state index in [2.05, 4.69) is 61.5 Å². The fraction of sp³-hybridized carbons (Fsp3) is 0.933. The van der Waals surface area contributed by atoms with Crippen LogP contribution in [0.4, 0.5) is 0 Å². The molecular formula is C30H50O. The van der Waals surface area contributed by atoms with E-state index in [9.17, 15) is 5.11 Å². The zero-order valence-electron chi connectivity index (χ0n) is 21.9. The Bertz CT molecular complexity index is 790. The second kappa shape index (κ2) is 6.43. The van der Waals surface area contributed by atoms with Crippen LogP contribution in [0.1, 0.15) is 120 Å². The van der Waals surface area contributed by atoms with Gasteiger partial charge >= 0.3 is 0 Å². The zero-order valence-corrected chi connectivity index (χ0v) is 21.9. The van der Waals surface area contributed by atoms with E-state index >= 15 is 0 Å². The minimum Gasteiger partial charge on any atom is -0.392 e. The lowest BCUT2D eigenvalue weighted by Crippen LogP contribution is -2.65. The molecule has 1 heteroatoms. The summed E-state index contributed by atoms with van der Waals surface area (Å²) in [5.41, 5.74) is 3.58. The molecule has 1 N–H and O–H groups in total. The first-order valence-corrected chi connectivity index (χ1v) is 13.6. The summed E-state index contributed by atoms with van der Waals surface area (Å²) in [4.78, 5) is 0. The average Bonchev–Trinajstić information content (AvgIpc) is 2.65. The molecule has 1 nitrogen and oxygen atoms in total. The Labute approximate surface area is 192 Å². The largest absolute Gasteiger partial charge is 0.392 e. The molecule has 0 saturated heterocycles. The Kier molecular flexibility index (Phi) is 4.66. The van der Waals surface area contributed by atoms with E-state index in [-0.39, 0.29) is 16.9 Å². The summed E-state index contributed by atoms with van der Waals surface area (Å²) in [6.45, 7) is 20.4. The minimum absolute atomic E-state index is 0.0331. The molecule has 31 heavy (non-hydrogen) atoms. The first kappa shape index (κ1) is 22.5. The van der Waals surface area contributed by atoms with Crippen LogP contribution in [0, 0.1) is 50.2 Å². The fourth-order valence-corrected chi connectivity index (χ4v) is 10.8. The van der Waals surface area contributed by atoms with E-state index in [0.29, 0.717) is 33.5 Å². The second-order valence-corrected chi connectivity index (χ2v) is 15.3. The number of hydrogen-bond acceptors (Lipinski definition) is 1. The van der Waals surface area contributed by atoms with Gasteiger partial charge in [0, 0.05) is 5.41 Å². The molecule has 4 fully saturated rings. The third-order valence-electron chi connectivity index (χ3n) is 12.6. The fourth-order valence-electron chi connectivity index (χ4n) is 10.8. The molecule has 8 atom stereocenters. The van der Waals surface area contributed by atoms with E-state index in [4.69, 9.17) is 0 Å². The van der Waals surface area contributed by atoms with E-state index in [1.807, 2.05) is 0 Å². The number of aliphatic hydroxyl groups excluding tert-OH is 1. The van der Waals surface area contributed by atoms with E-state index < -0.39 is 0 Å². The summed E-state index contributed by atoms with van der Waals surface area (Å²) >= 11 is 0. The van der Waals surface area contributed by atoms with Gasteiger partial charge in [0.15, 0.2) is 0 Å². The van der Waals surface area contributed by atoms with Crippen LogP contribution in [0.25, 0.3) is 0 Å². The molecule has 0 aliphatic heterocycles. The number of allylic oxidation sites excluding steroid dienone is 1. The zero-order chi connectivity index (χ0) is 22.7. The highest BCUT2D eigenvalue weighted by Gasteiger charge is 2.68. The molecule has 0 radical (unpaired) electrons. The highest BCUT2D eigenvalue weighted by Crippen LogP contribution is 2.74. The Morgan fingerprint density at radius 3 is 2.23 bits per heavy atom. The standard InChI is InChI=1S/C30H50O/c1-25(2)16-17-27(5)14-10-20-29(7,23(27)19-25)15-11-21-28(6)13-9-12-26(3,4)22(28)18-24(31)30(20,21)8/h10,21-24,31H,9,11-19H2,1-8H3/t21-,22-,23-,24-,27+,28-,29-,30+/m1/s1. The van der Waals surface area contributed by atoms with Crippen molar-refractivity contribution >= 4 is 0 Å². The van der Waals surface area contributed by atoms with Crippen LogP contribution >= 0.6 is 0 Å². The van der Waals surface area contributed by atoms with Gasteiger partial charge in [-0.2, -0.15) is 0 Å². The highest BCUT2D eigenvalue weighted by molar-refractivity contribution is 5.36. The van der Waals surface area contributed by atoms with Crippen LogP contribution in [0.2, 0.25) is 0 Å². The van der Waals surface area contributed by atoms with Crippen molar-refractivity contribution < 1.29 is 5.11 Å². The van der Waals surface area contributed by atoms with Gasteiger partial charge in [-0.1, -0.05) is 73.5 Å². The maximum atomic E-state index is 11.9. The van der Waals surface area contributed by atoms with Gasteiger partial charge in [0.05, 0.1) is 6.10 Å². The van der Waals surface area contributed by atoms with Gasteiger partial charge in [0.25, 0.3) is 0 Å². The molecule has 5 aliphatic carbocycles. The Morgan fingerprint density at radius 1 is 0.806 bits per heavy atom. The van der Waals surface area contributed by atoms with E-state index in [1.54, 1.807) is 5.57 Å². The van der Waals surface area contributed by atoms with Crippen LogP contribution in [0.3, 0.4) is 0 Å². The molecule has 5 aliphatic rings. The predicted molar refractivity (Wildman–Crippen MR) is 131 cm³/mol. The van der Waals surface area contributed by atoms with Crippen molar-refractivity contribution in [3.63, 3.8) is 0 Å². The summed E-state index contributed by atoms with van der Waals surface area (Å²) in [6.07, 6.45) is 15.6. The summed E-state index contributed by atoms with van der Waals surface area (Å²) in [7, 11) is 0. The van der Waals surface area contributed by atoms with Crippen LogP contribution in [0.5, 0.6) is 0 Å². The van der Waals surface area contributed by atoms with Gasteiger partial charge in [-0.05, 0) is 103 Å². The Morgan fingerprint density at radius 2 is 1.52 bits per heavy atom. The molecule has 0 aromatic rings. The topological polar surface area (TPSA) is 20.2 Å². The monoisotopic (exact) mass is 426 g/mol. The molecular weight excluding hydrogens is 376 g/mol. The normalized spacial score (nSPS) is 55.2. The van der Waals surface area contributed by atoms with Crippen molar-refractivity contribution in [2.75, 3.05) is 0 Å². The number of fused-ring (bicyclic) bond motifs is 7. The second-order valence-electron chi connectivity index (χ2n) is 15.3. The lowest BCUT2D eigenvalue weighted by molar-refractivity contribution is -0.198. The van der Waals surface area contributed by atoms with Crippen LogP contribution in [-0.4, -0.2) is 11.2 Å². The molecule has 0 heterocycles. The number of aliphatic hydroxyl groups is 1. The lowest BCUT2D eigenvalue weighted by Gasteiger charge is -2.71. The van der Waals surface area contributed by atoms with Gasteiger partial charge in [-0.3, -0.25) is 0 Å². The van der Waals surface area contributed by atoms with Crippen molar-refractivity contribution in [2.45, 2.75) is 126 Å². The molecule has 176 valence electrons. The Hall–Kier alpha value is -0.300. The first-order valence-electron chi connectivity index (χ1n) is 13.6. The predicted octanol–water partition coefficient (Wildman–Crippen LogP) is 8.17. The van der Waals surface area contributed by atoms with Crippen LogP contribution in [-0.2, 0) is 0 Å². The Balaban J connectivity index is 1.60. The third-order valence-corrected chi connectivity index (χ3v) is 12.6. The maximum absolute atomic E-state index is 11.9. The van der Waals surface area contributed by atoms with Crippen molar-refractivity contribution in [3.8, 4) is 0 Å². The minimum atomic E-state index is -0.181. The molecule has 0 bridgehead atoms. The van der Waals surface area contributed by atoms with Crippen LogP contribution < -0.4 is 0 Å². The number of rotatable bonds is 0. The van der Waals surface area contributed by atoms with Crippen LogP contribution in [0.15, 0.2) is 11.6 Å². The van der Waals surface area contributed by atoms with Gasteiger partial charge in [-0.15, -0.1) is 0 Å². The van der Waals surface area contributed by atoms with Crippen molar-refractivity contribution in [3.05, 3.63) is 11.6 Å². The molecule has 5 rings (SSSR count). The average molecular weight is 427 g/mol. The molecule has 0 unspecified atom stereocenters. The van der Waals surface area contributed by atoms with Gasteiger partial charge in [0.1, 0.15) is 0 Å². The molecule has 0 amide bonds. The molecule has 0 spiro atoms. The SMILES string of the molecule is CC1(C)CC[C@]2(C)CC=C3[C@]4(C)[C@H](O)C[C@@H]5C(C)(C)CCC[C@]5(C)[C@H]4CC[C@@]3(C)[C@@H]2C1. The summed E-state index contributed by atoms with van der Waals surface area (Å²) in [5, 5.41) is 11.9. The third kappa shape index (κ3) is 2.83. The summed E-state index contributed by atoms with van der Waals surface area (Å²) in [5.74, 6) is 2.06. The van der Waals surface area contributed by atoms with Gasteiger partial charge in [-0.25, -0.2) is 0 Å². The van der Waals surface area contributed by atoms with Crippen molar-refractivity contribution in [1.82, 2.24) is 0 Å². The van der Waals surface area contributed by atoms with Gasteiger partial charge < -0.3 is 5.11 Å². The highest BCUT2D eigenvalue weighted by atomic mass is 16.3. The van der Waals surface area contributed by atoms with E-state index in [1.165, 1.54) is 57.8 Å². The molecule has 4 saturated carbocycles. The van der Waals surface area contributed by atoms with Gasteiger partial charge in [0.2, 0.25) is 0 Å². The molecule has 0 aromatic heterocycles. The quantitative estimate of drug-likeness (QED) is 0.387. The van der Waals surface area contributed by atoms with Crippen molar-refractivity contribution in [2.24, 2.45) is 50.2 Å². The maximum Gasteiger partial charge on any atom is 0.0637 e. The lowest BCUT2D eigenvalue weighted by atomic mass is 9.34. The van der Waals surface area contributed by atoms with Crippen molar-refractivity contribution in [1.29, 1.82) is 0 Å². The summed E-state index contributed by atoms with van der Waals surface area (Å²) in [6, 6.07) is 0. The van der Waals surface area contributed by atoms with E-state index in [0.717, 1.165) is 12.3 Å². The number of hydrogen-bond donors (Lipinski definition) is 1. The smallest absolute Gasteiger partial charge is 0.0637 e. The molecule has 0 aromatic carbocycles. The first-order chi connectivity index (χ1) is 14.2.